The van der Waals surface area contributed by atoms with Crippen LogP contribution in [0, 0.1) is 11.8 Å². The van der Waals surface area contributed by atoms with Crippen molar-refractivity contribution >= 4 is 11.6 Å². The third-order valence-electron chi connectivity index (χ3n) is 3.75. The zero-order valence-electron chi connectivity index (χ0n) is 13.2. The van der Waals surface area contributed by atoms with Crippen molar-refractivity contribution in [3.8, 4) is 0 Å². The van der Waals surface area contributed by atoms with E-state index in [1.54, 1.807) is 5.54 Å². The van der Waals surface area contributed by atoms with Gasteiger partial charge in [-0.2, -0.15) is 0 Å². The molecule has 0 saturated carbocycles. The van der Waals surface area contributed by atoms with Gasteiger partial charge in [-0.15, -0.1) is 0 Å². The van der Waals surface area contributed by atoms with Crippen molar-refractivity contribution in [1.29, 1.82) is 0 Å². The van der Waals surface area contributed by atoms with E-state index in [0.717, 1.165) is 31.5 Å². The van der Waals surface area contributed by atoms with E-state index in [2.05, 4.69) is 44.8 Å². The van der Waals surface area contributed by atoms with Gasteiger partial charge in [-0.1, -0.05) is 39.3 Å². The van der Waals surface area contributed by atoms with Crippen molar-refractivity contribution in [1.82, 2.24) is 10.2 Å². The second kappa shape index (κ2) is 8.28. The molecule has 19 heavy (non-hydrogen) atoms. The number of hydrogen-bond donors (Lipinski definition) is 1. The Morgan fingerprint density at radius 3 is 2.42 bits per heavy atom. The van der Waals surface area contributed by atoms with Gasteiger partial charge in [-0.3, -0.25) is 4.90 Å². The van der Waals surface area contributed by atoms with Crippen molar-refractivity contribution < 1.29 is 0 Å². The molecule has 1 heterocycles. The lowest BCUT2D eigenvalue weighted by Crippen LogP contribution is -2.57. The van der Waals surface area contributed by atoms with Gasteiger partial charge >= 0.3 is 0 Å². The Morgan fingerprint density at radius 1 is 1.26 bits per heavy atom. The standard InChI is InChI=1S/C16H31ClN2/c1-12(2)6-15-11-19(10-14(5)8-17)16(9-18-15)7-13(3)4/h8,12-13,15-16,18H,6-7,9-11H2,1-5H3. The van der Waals surface area contributed by atoms with Crippen LogP contribution in [0.1, 0.15) is 47.5 Å². The molecular formula is C16H31ClN2. The summed E-state index contributed by atoms with van der Waals surface area (Å²) in [5.74, 6) is 1.50. The molecule has 1 N–H and O–H groups in total. The van der Waals surface area contributed by atoms with E-state index in [1.807, 2.05) is 0 Å². The average Bonchev–Trinajstić information content (AvgIpc) is 2.31. The molecule has 112 valence electrons. The van der Waals surface area contributed by atoms with Gasteiger partial charge in [0.1, 0.15) is 0 Å². The van der Waals surface area contributed by atoms with Gasteiger partial charge in [-0.05, 0) is 37.2 Å². The van der Waals surface area contributed by atoms with E-state index in [4.69, 9.17) is 11.6 Å². The van der Waals surface area contributed by atoms with E-state index >= 15 is 0 Å². The first-order valence-electron chi connectivity index (χ1n) is 7.65. The monoisotopic (exact) mass is 286 g/mol. The van der Waals surface area contributed by atoms with Crippen molar-refractivity contribution in [2.75, 3.05) is 19.6 Å². The van der Waals surface area contributed by atoms with Crippen molar-refractivity contribution in [3.63, 3.8) is 0 Å². The maximum atomic E-state index is 5.84. The Morgan fingerprint density at radius 2 is 1.89 bits per heavy atom. The topological polar surface area (TPSA) is 15.3 Å². The summed E-state index contributed by atoms with van der Waals surface area (Å²) in [6.45, 7) is 14.6. The highest BCUT2D eigenvalue weighted by Crippen LogP contribution is 2.19. The number of nitrogens with zero attached hydrogens (tertiary/aromatic N) is 1. The predicted molar refractivity (Wildman–Crippen MR) is 85.7 cm³/mol. The van der Waals surface area contributed by atoms with E-state index in [0.29, 0.717) is 12.1 Å². The van der Waals surface area contributed by atoms with Gasteiger partial charge in [0.25, 0.3) is 0 Å². The summed E-state index contributed by atoms with van der Waals surface area (Å²) in [7, 11) is 0. The quantitative estimate of drug-likeness (QED) is 0.797. The van der Waals surface area contributed by atoms with Crippen LogP contribution in [0.25, 0.3) is 0 Å². The summed E-state index contributed by atoms with van der Waals surface area (Å²) in [5.41, 5.74) is 2.99. The molecule has 2 atom stereocenters. The SMILES string of the molecule is CC(=CCl)CN1CC(CC(C)C)NCC1CC(C)C. The van der Waals surface area contributed by atoms with E-state index in [-0.39, 0.29) is 0 Å². The summed E-state index contributed by atoms with van der Waals surface area (Å²) in [6, 6.07) is 1.28. The minimum atomic E-state index is 0.631. The van der Waals surface area contributed by atoms with Gasteiger partial charge in [0, 0.05) is 37.3 Å². The van der Waals surface area contributed by atoms with Crippen LogP contribution in [0.15, 0.2) is 11.1 Å². The molecule has 0 bridgehead atoms. The molecule has 1 rings (SSSR count). The summed E-state index contributed by atoms with van der Waals surface area (Å²) < 4.78 is 0. The number of halogens is 1. The maximum absolute atomic E-state index is 5.84. The van der Waals surface area contributed by atoms with Crippen LogP contribution in [0.5, 0.6) is 0 Å². The highest BCUT2D eigenvalue weighted by atomic mass is 35.5. The number of piperazine rings is 1. The summed E-state index contributed by atoms with van der Waals surface area (Å²) >= 11 is 5.84. The first-order valence-corrected chi connectivity index (χ1v) is 8.09. The van der Waals surface area contributed by atoms with Crippen LogP contribution in [-0.2, 0) is 0 Å². The summed E-state index contributed by atoms with van der Waals surface area (Å²) in [4.78, 5) is 2.62. The third-order valence-corrected chi connectivity index (χ3v) is 4.12. The fourth-order valence-corrected chi connectivity index (χ4v) is 3.05. The van der Waals surface area contributed by atoms with E-state index in [9.17, 15) is 0 Å². The van der Waals surface area contributed by atoms with Crippen LogP contribution in [0.3, 0.4) is 0 Å². The largest absolute Gasteiger partial charge is 0.311 e. The number of nitrogens with one attached hydrogen (secondary N) is 1. The maximum Gasteiger partial charge on any atom is 0.0227 e. The molecule has 0 aliphatic carbocycles. The van der Waals surface area contributed by atoms with Crippen LogP contribution >= 0.6 is 11.6 Å². The van der Waals surface area contributed by atoms with Crippen LogP contribution in [0.4, 0.5) is 0 Å². The molecule has 0 aromatic carbocycles. The molecule has 1 saturated heterocycles. The fraction of sp³-hybridized carbons (Fsp3) is 0.875. The highest BCUT2D eigenvalue weighted by molar-refractivity contribution is 6.25. The molecule has 1 fully saturated rings. The van der Waals surface area contributed by atoms with Crippen molar-refractivity contribution in [3.05, 3.63) is 11.1 Å². The lowest BCUT2D eigenvalue weighted by atomic mass is 9.95. The molecule has 1 aliphatic heterocycles. The highest BCUT2D eigenvalue weighted by Gasteiger charge is 2.28. The molecule has 2 nitrogen and oxygen atoms in total. The number of hydrogen-bond acceptors (Lipinski definition) is 2. The second-order valence-electron chi connectivity index (χ2n) is 6.90. The Bertz CT molecular complexity index is 286. The van der Waals surface area contributed by atoms with E-state index in [1.165, 1.54) is 18.4 Å². The molecule has 0 amide bonds. The lowest BCUT2D eigenvalue weighted by molar-refractivity contribution is 0.117. The molecule has 1 aliphatic rings. The van der Waals surface area contributed by atoms with Crippen molar-refractivity contribution in [2.45, 2.75) is 59.5 Å². The first kappa shape index (κ1) is 17.0. The Kier molecular flexibility index (Phi) is 7.41. The predicted octanol–water partition coefficient (Wildman–Crippen LogP) is 3.86. The fourth-order valence-electron chi connectivity index (χ4n) is 2.98. The van der Waals surface area contributed by atoms with Gasteiger partial charge in [0.15, 0.2) is 0 Å². The van der Waals surface area contributed by atoms with Crippen LogP contribution < -0.4 is 5.32 Å². The Balaban J connectivity index is 2.62. The van der Waals surface area contributed by atoms with Gasteiger partial charge < -0.3 is 5.32 Å². The summed E-state index contributed by atoms with van der Waals surface area (Å²) in [6.07, 6.45) is 2.52. The molecule has 0 spiro atoms. The van der Waals surface area contributed by atoms with Gasteiger partial charge in [0.05, 0.1) is 0 Å². The average molecular weight is 287 g/mol. The first-order chi connectivity index (χ1) is 8.92. The molecule has 3 heteroatoms. The Hall–Kier alpha value is -0.0500. The lowest BCUT2D eigenvalue weighted by Gasteiger charge is -2.42. The minimum Gasteiger partial charge on any atom is -0.311 e. The molecule has 0 aromatic rings. The normalized spacial score (nSPS) is 26.4. The molecule has 2 unspecified atom stereocenters. The van der Waals surface area contributed by atoms with Crippen molar-refractivity contribution in [2.24, 2.45) is 11.8 Å². The minimum absolute atomic E-state index is 0.631. The smallest absolute Gasteiger partial charge is 0.0227 e. The third kappa shape index (κ3) is 6.29. The molecule has 0 radical (unpaired) electrons. The second-order valence-corrected chi connectivity index (χ2v) is 7.12. The van der Waals surface area contributed by atoms with Crippen LogP contribution in [-0.4, -0.2) is 36.6 Å². The molecular weight excluding hydrogens is 256 g/mol. The number of rotatable bonds is 6. The van der Waals surface area contributed by atoms with Gasteiger partial charge in [-0.25, -0.2) is 0 Å². The van der Waals surface area contributed by atoms with E-state index < -0.39 is 0 Å². The Labute approximate surface area is 124 Å². The summed E-state index contributed by atoms with van der Waals surface area (Å²) in [5, 5.41) is 3.73. The molecule has 0 aromatic heterocycles. The van der Waals surface area contributed by atoms with Gasteiger partial charge in [0.2, 0.25) is 0 Å². The van der Waals surface area contributed by atoms with Crippen LogP contribution in [0.2, 0.25) is 0 Å². The zero-order valence-corrected chi connectivity index (χ0v) is 14.0. The zero-order chi connectivity index (χ0) is 14.4.